The maximum absolute atomic E-state index is 13.0. The molecule has 11 aromatic rings. The Hall–Kier alpha value is -9.17. The Morgan fingerprint density at radius 2 is 0.771 bits per heavy atom. The number of rotatable bonds is 27. The summed E-state index contributed by atoms with van der Waals surface area (Å²) in [6.07, 6.45) is -9.19. The van der Waals surface area contributed by atoms with Crippen LogP contribution < -0.4 is 54.8 Å². The normalized spacial score (nSPS) is 10.4. The maximum Gasteiger partial charge on any atom is 1.00 e. The first-order valence-electron chi connectivity index (χ1n) is 38.6. The number of hydrogen-bond donors (Lipinski definition) is 3. The molecule has 0 spiro atoms. The molecule has 0 aromatic heterocycles. The van der Waals surface area contributed by atoms with Crippen LogP contribution in [-0.4, -0.2) is 265 Å². The van der Waals surface area contributed by atoms with Crippen molar-refractivity contribution >= 4 is 270 Å². The summed E-state index contributed by atoms with van der Waals surface area (Å²) in [5, 5.41) is 31.7. The average molecular weight is 1820 g/mol. The zero-order chi connectivity index (χ0) is 97.7. The van der Waals surface area contributed by atoms with Gasteiger partial charge in [0.1, 0.15) is 22.1 Å². The van der Waals surface area contributed by atoms with Crippen LogP contribution in [0.3, 0.4) is 0 Å². The summed E-state index contributed by atoms with van der Waals surface area (Å²) >= 11 is 3.15. The molecule has 23 nitrogen and oxygen atoms in total. The second-order valence-electron chi connectivity index (χ2n) is 28.2. The van der Waals surface area contributed by atoms with Crippen molar-refractivity contribution in [2.45, 2.75) is 62.0 Å². The monoisotopic (exact) mass is 1820 g/mol. The number of aryl methyl sites for hydroxylation is 4. The molecule has 55 heteroatoms. The van der Waals surface area contributed by atoms with Crippen LogP contribution in [0.5, 0.6) is 17.2 Å². The number of carboxylic acid groups (broad SMARTS) is 1. The number of nitrogens with one attached hydrogen (secondary N) is 1. The van der Waals surface area contributed by atoms with Crippen LogP contribution >= 0.6 is 11.6 Å². The number of amides is 1. The Bertz CT molecular complexity index is 5860. The largest absolute Gasteiger partial charge is 1.00 e. The van der Waals surface area contributed by atoms with Crippen molar-refractivity contribution < 1.29 is 112 Å². The summed E-state index contributed by atoms with van der Waals surface area (Å²) in [4.78, 5) is 53.8. The van der Waals surface area contributed by atoms with Crippen LogP contribution in [0.2, 0.25) is 0 Å². The molecule has 0 saturated carbocycles. The molecule has 0 fully saturated rings. The number of nitrogen functional groups attached to an aromatic ring is 1. The molecule has 621 valence electrons. The minimum atomic E-state index is -3.87. The summed E-state index contributed by atoms with van der Waals surface area (Å²) in [7, 11) is 71.3. The number of nitrogens with zero attached hydrogens (tertiary/aromatic N) is 2. The molecule has 11 rings (SSSR count). The number of carbonyl (C=O) groups is 3. The number of nitro groups is 2. The number of hydrogen-bond acceptors (Lipinski definition) is 19. The maximum atomic E-state index is 13.0. The van der Waals surface area contributed by atoms with Gasteiger partial charge < -0.3 is 34.9 Å². The topological polar surface area (TPSA) is 366 Å². The minimum Gasteiger partial charge on any atom is -0.768 e. The molecule has 0 aliphatic heterocycles. The van der Waals surface area contributed by atoms with Crippen molar-refractivity contribution in [2.75, 3.05) is 32.4 Å². The van der Waals surface area contributed by atoms with E-state index in [9.17, 15) is 73.0 Å². The first-order valence-corrected chi connectivity index (χ1v) is 44.5. The third-order valence-corrected chi connectivity index (χ3v) is 25.2. The van der Waals surface area contributed by atoms with Gasteiger partial charge in [-0.3, -0.25) is 34.0 Å². The van der Waals surface area contributed by atoms with Gasteiger partial charge in [-0.1, -0.05) is 138 Å². The van der Waals surface area contributed by atoms with Gasteiger partial charge in [0, 0.05) is 206 Å². The number of carbonyl (C=O) groups excluding carboxylic acids is 2. The van der Waals surface area contributed by atoms with Gasteiger partial charge in [-0.2, -0.15) is 4.39 Å². The van der Waals surface area contributed by atoms with Crippen LogP contribution in [0.1, 0.15) is 53.3 Å². The second kappa shape index (κ2) is 56.8. The fourth-order valence-electron chi connectivity index (χ4n) is 12.2. The SMILES string of the molecule is COc1cccc(C(=O)Cl)c1.COc1cccc(C(=O)Nc2ccccc2S(=O)(=O)c2ccc(C)cc2)c1.COc1cccc(C(=O)O)c1.Cc1ccc(S(=O)(=O)c2ccccc2N)cc1.Cc1ccc(S(=O)(=O)c2ccccc2[N+](=O)[O-])cc1.Cc1ccc(S(=O)[O-])cc1.O=[N+]([O-])c1ccccc1F.[B][B]B(B([B])[B])B(B([B])[B])B(B(B([B])[B])B([B])[B])B(B([B])[B])B([B])[B].[Na+]. The van der Waals surface area contributed by atoms with Gasteiger partial charge in [0.25, 0.3) is 16.8 Å². The van der Waals surface area contributed by atoms with Crippen molar-refractivity contribution in [2.24, 2.45) is 0 Å². The Morgan fingerprint density at radius 1 is 0.443 bits per heavy atom. The third kappa shape index (κ3) is 36.3. The van der Waals surface area contributed by atoms with Gasteiger partial charge in [-0.15, -0.1) is 0 Å². The molecule has 0 saturated heterocycles. The van der Waals surface area contributed by atoms with E-state index in [4.69, 9.17) is 137 Å². The van der Waals surface area contributed by atoms with Crippen molar-refractivity contribution in [1.82, 2.24) is 0 Å². The van der Waals surface area contributed by atoms with Crippen LogP contribution in [-0.2, 0) is 40.6 Å². The Morgan fingerprint density at radius 3 is 1.12 bits per heavy atom. The summed E-state index contributed by atoms with van der Waals surface area (Å²) in [5.74, 6) is -0.415. The predicted molar refractivity (Wildman–Crippen MR) is 540 cm³/mol. The van der Waals surface area contributed by atoms with E-state index in [1.165, 1.54) is 101 Å². The van der Waals surface area contributed by atoms with Crippen molar-refractivity contribution in [3.8, 4) is 17.2 Å². The van der Waals surface area contributed by atoms with Crippen LogP contribution in [0.25, 0.3) is 0 Å². The number of benzene rings is 11. The molecule has 27 radical (unpaired) electrons. The Balaban J connectivity index is 0.000000396. The number of anilines is 2. The molecular formula is C76H69B25ClFN4NaO19S4. The quantitative estimate of drug-likeness (QED) is 0.0166. The zero-order valence-corrected chi connectivity index (χ0v) is 78.5. The average Bonchev–Trinajstić information content (AvgIpc) is 0.790. The fraction of sp³-hybridized carbons (Fsp3) is 0.0921. The van der Waals surface area contributed by atoms with Crippen molar-refractivity contribution in [3.63, 3.8) is 0 Å². The van der Waals surface area contributed by atoms with Gasteiger partial charge in [0.05, 0.1) is 72.6 Å². The molecule has 0 bridgehead atoms. The smallest absolute Gasteiger partial charge is 0.768 e. The number of para-hydroxylation sites is 4. The Labute approximate surface area is 817 Å². The molecule has 1 unspecified atom stereocenters. The van der Waals surface area contributed by atoms with Gasteiger partial charge in [-0.05, 0) is 190 Å². The van der Waals surface area contributed by atoms with E-state index in [2.05, 4.69) is 5.32 Å². The second-order valence-corrected chi connectivity index (χ2v) is 35.3. The first-order chi connectivity index (χ1) is 61.1. The summed E-state index contributed by atoms with van der Waals surface area (Å²) < 4.78 is 123. The molecule has 4 N–H and O–H groups in total. The van der Waals surface area contributed by atoms with Crippen molar-refractivity contribution in [3.05, 3.63) is 332 Å². The molecular weight excluding hydrogens is 1750 g/mol. The van der Waals surface area contributed by atoms with E-state index >= 15 is 0 Å². The molecule has 0 aliphatic rings. The third-order valence-electron chi connectivity index (χ3n) is 18.9. The number of carboxylic acids is 1. The first kappa shape index (κ1) is 116. The fourth-order valence-corrected chi connectivity index (χ4v) is 16.9. The number of methoxy groups -OCH3 is 3. The van der Waals surface area contributed by atoms with E-state index < -0.39 is 155 Å². The predicted octanol–water partition coefficient (Wildman–Crippen LogP) is 3.15. The summed E-state index contributed by atoms with van der Waals surface area (Å²) in [5.41, 5.74) is 10.3. The number of halogens is 2. The van der Waals surface area contributed by atoms with Crippen LogP contribution in [0.4, 0.5) is 27.1 Å². The van der Waals surface area contributed by atoms with Gasteiger partial charge in [-0.25, -0.2) is 30.0 Å². The summed E-state index contributed by atoms with van der Waals surface area (Å²) in [6, 6.07) is 69.1. The van der Waals surface area contributed by atoms with Crippen LogP contribution in [0.15, 0.2) is 301 Å². The minimum absolute atomic E-state index is 0. The van der Waals surface area contributed by atoms with Gasteiger partial charge >= 0.3 is 41.2 Å². The van der Waals surface area contributed by atoms with Gasteiger partial charge in [0.15, 0.2) is 0 Å². The molecule has 11 aromatic carbocycles. The molecule has 131 heavy (non-hydrogen) atoms. The number of sulfone groups is 3. The molecule has 1 amide bonds. The van der Waals surface area contributed by atoms with E-state index in [1.807, 2.05) is 27.7 Å². The number of nitro benzene ring substituents is 2. The summed E-state index contributed by atoms with van der Waals surface area (Å²) in [6.45, 7) is 7.55. The number of ether oxygens (including phenoxy) is 3. The molecule has 1 atom stereocenters. The van der Waals surface area contributed by atoms with E-state index in [-0.39, 0.29) is 75.9 Å². The zero-order valence-electron chi connectivity index (χ0n) is 72.5. The van der Waals surface area contributed by atoms with Crippen LogP contribution in [0, 0.1) is 53.7 Å². The van der Waals surface area contributed by atoms with Gasteiger partial charge in [0.2, 0.25) is 35.3 Å². The molecule has 0 heterocycles. The number of aromatic carboxylic acids is 1. The van der Waals surface area contributed by atoms with Crippen molar-refractivity contribution in [1.29, 1.82) is 0 Å². The molecule has 0 aliphatic carbocycles. The van der Waals surface area contributed by atoms with E-state index in [0.29, 0.717) is 33.3 Å². The standard InChI is InChI=1S/C21H19NO4S.C13H11NO4S.C13H13NO2S.C8H7ClO2.C8H8O3.C7H8O2S.C6H4FNO2.B25.Na/c1-15-10-12-18(13-11-15)27(24,25)20-9-4-3-8-19(20)22-21(23)16-6-5-7-17(14-16)26-2;1-10-6-8-11(9-7-10)19(17,18)13-5-3-2-4-12(13)14(15)16;1-10-6-8-11(9-7-10)17(15,16)13-5-3-2-4-12(13)14;2*1-11-7-4-2-3-6(5-7)8(9)10;1-6-2-4-7(5-3-6)10(8)9;7-5-3-1-2-4-6(5)8(9)10;1-14-21(15(2)3)24(20(12)13)25(22(16(4)5)17(6)7)23(18(8)9)19(10)11;/h3-14H,1-2H3,(H,22,23);2-9H,1H3;2-9H,14H2,1H3;2-5H,1H3;2-5H,1H3,(H,9,10);2-5H,1H3,(H,8,9);1-4H;;/q;;;;;;;;+1/p-1. The van der Waals surface area contributed by atoms with E-state index in [1.54, 1.807) is 182 Å². The Kier molecular flexibility index (Phi) is 50.3. The number of nitrogens with two attached hydrogens (primary N) is 1. The van der Waals surface area contributed by atoms with E-state index in [0.717, 1.165) is 34.4 Å².